The normalized spacial score (nSPS) is 24.4. The van der Waals surface area contributed by atoms with Crippen LogP contribution in [0.15, 0.2) is 35.3 Å². The number of urea groups is 1. The molecule has 1 aliphatic heterocycles. The van der Waals surface area contributed by atoms with E-state index in [4.69, 9.17) is 0 Å². The number of rotatable bonds is 5. The van der Waals surface area contributed by atoms with Crippen LogP contribution in [0.5, 0.6) is 0 Å². The molecule has 1 saturated heterocycles. The van der Waals surface area contributed by atoms with Crippen molar-refractivity contribution in [3.8, 4) is 0 Å². The Labute approximate surface area is 165 Å². The van der Waals surface area contributed by atoms with Gasteiger partial charge in [-0.3, -0.25) is 14.9 Å². The third-order valence-corrected chi connectivity index (χ3v) is 5.73. The SMILES string of the molecule is C=CCN(Cc1cc(Br)ccc1F)C(=O)C1CCC2(CC1)NC(=O)NC2=O. The third-order valence-electron chi connectivity index (χ3n) is 5.23. The fourth-order valence-corrected chi connectivity index (χ4v) is 4.16. The first-order valence-corrected chi connectivity index (χ1v) is 9.61. The van der Waals surface area contributed by atoms with Gasteiger partial charge in [0, 0.05) is 29.0 Å². The fourth-order valence-electron chi connectivity index (χ4n) is 3.75. The van der Waals surface area contributed by atoms with Gasteiger partial charge in [-0.2, -0.15) is 0 Å². The summed E-state index contributed by atoms with van der Waals surface area (Å²) in [6.07, 6.45) is 3.41. The summed E-state index contributed by atoms with van der Waals surface area (Å²) in [7, 11) is 0. The molecule has 2 aliphatic rings. The molecule has 0 bridgehead atoms. The summed E-state index contributed by atoms with van der Waals surface area (Å²) in [6, 6.07) is 4.15. The first-order chi connectivity index (χ1) is 12.8. The maximum Gasteiger partial charge on any atom is 0.322 e. The van der Waals surface area contributed by atoms with Gasteiger partial charge in [-0.05, 0) is 43.9 Å². The molecule has 1 spiro atoms. The molecule has 2 N–H and O–H groups in total. The van der Waals surface area contributed by atoms with E-state index in [0.29, 0.717) is 37.8 Å². The Kier molecular flexibility index (Phi) is 5.64. The lowest BCUT2D eigenvalue weighted by Gasteiger charge is -2.36. The van der Waals surface area contributed by atoms with Gasteiger partial charge in [-0.1, -0.05) is 22.0 Å². The molecule has 1 heterocycles. The number of amides is 4. The Morgan fingerprint density at radius 1 is 1.37 bits per heavy atom. The number of halogens is 2. The van der Waals surface area contributed by atoms with Crippen LogP contribution in [-0.2, 0) is 16.1 Å². The molecule has 0 atom stereocenters. The molecule has 1 aliphatic carbocycles. The van der Waals surface area contributed by atoms with Gasteiger partial charge in [0.2, 0.25) is 5.91 Å². The van der Waals surface area contributed by atoms with Gasteiger partial charge >= 0.3 is 6.03 Å². The molecular formula is C19H21BrFN3O3. The zero-order valence-electron chi connectivity index (χ0n) is 14.8. The second kappa shape index (κ2) is 7.80. The van der Waals surface area contributed by atoms with Gasteiger partial charge in [0.25, 0.3) is 5.91 Å². The molecule has 144 valence electrons. The van der Waals surface area contributed by atoms with Crippen LogP contribution >= 0.6 is 15.9 Å². The van der Waals surface area contributed by atoms with E-state index in [-0.39, 0.29) is 30.1 Å². The number of nitrogens with zero attached hydrogens (tertiary/aromatic N) is 1. The van der Waals surface area contributed by atoms with Gasteiger partial charge in [0.15, 0.2) is 0 Å². The van der Waals surface area contributed by atoms with Crippen LogP contribution in [0, 0.1) is 11.7 Å². The topological polar surface area (TPSA) is 78.5 Å². The minimum absolute atomic E-state index is 0.0890. The van der Waals surface area contributed by atoms with Crippen molar-refractivity contribution < 1.29 is 18.8 Å². The summed E-state index contributed by atoms with van der Waals surface area (Å²) in [5, 5.41) is 4.96. The van der Waals surface area contributed by atoms with Gasteiger partial charge in [-0.25, -0.2) is 9.18 Å². The smallest absolute Gasteiger partial charge is 0.322 e. The van der Waals surface area contributed by atoms with Crippen molar-refractivity contribution in [2.45, 2.75) is 37.8 Å². The van der Waals surface area contributed by atoms with Crippen LogP contribution in [0.25, 0.3) is 0 Å². The van der Waals surface area contributed by atoms with Gasteiger partial charge in [-0.15, -0.1) is 6.58 Å². The van der Waals surface area contributed by atoms with Crippen LogP contribution in [0.2, 0.25) is 0 Å². The molecule has 1 aromatic carbocycles. The van der Waals surface area contributed by atoms with Crippen molar-refractivity contribution in [2.75, 3.05) is 6.54 Å². The summed E-state index contributed by atoms with van der Waals surface area (Å²) < 4.78 is 14.8. The Morgan fingerprint density at radius 2 is 2.07 bits per heavy atom. The monoisotopic (exact) mass is 437 g/mol. The average molecular weight is 438 g/mol. The molecule has 0 radical (unpaired) electrons. The molecule has 3 rings (SSSR count). The number of carbonyl (C=O) groups is 3. The lowest BCUT2D eigenvalue weighted by Crippen LogP contribution is -2.51. The average Bonchev–Trinajstić information content (AvgIpc) is 2.90. The minimum Gasteiger partial charge on any atom is -0.334 e. The fraction of sp³-hybridized carbons (Fsp3) is 0.421. The lowest BCUT2D eigenvalue weighted by molar-refractivity contribution is -0.138. The van der Waals surface area contributed by atoms with Crippen molar-refractivity contribution in [2.24, 2.45) is 5.92 Å². The highest BCUT2D eigenvalue weighted by atomic mass is 79.9. The second-order valence-corrected chi connectivity index (χ2v) is 7.92. The van der Waals surface area contributed by atoms with Crippen LogP contribution in [0.3, 0.4) is 0 Å². The first-order valence-electron chi connectivity index (χ1n) is 8.82. The van der Waals surface area contributed by atoms with Crippen molar-refractivity contribution in [3.63, 3.8) is 0 Å². The zero-order valence-corrected chi connectivity index (χ0v) is 16.4. The molecule has 4 amide bonds. The number of hydrogen-bond acceptors (Lipinski definition) is 3. The number of carbonyl (C=O) groups excluding carboxylic acids is 3. The second-order valence-electron chi connectivity index (χ2n) is 7.01. The van der Waals surface area contributed by atoms with E-state index in [2.05, 4.69) is 33.1 Å². The predicted octanol–water partition coefficient (Wildman–Crippen LogP) is 2.87. The Bertz CT molecular complexity index is 790. The summed E-state index contributed by atoms with van der Waals surface area (Å²) >= 11 is 3.32. The Hall–Kier alpha value is -2.22. The molecule has 27 heavy (non-hydrogen) atoms. The zero-order chi connectivity index (χ0) is 19.6. The molecule has 1 saturated carbocycles. The van der Waals surface area contributed by atoms with Gasteiger partial charge in [0.05, 0.1) is 0 Å². The van der Waals surface area contributed by atoms with Crippen LogP contribution in [-0.4, -0.2) is 34.8 Å². The largest absolute Gasteiger partial charge is 0.334 e. The van der Waals surface area contributed by atoms with E-state index in [1.807, 2.05) is 0 Å². The summed E-state index contributed by atoms with van der Waals surface area (Å²) in [5.74, 6) is -1.05. The van der Waals surface area contributed by atoms with Gasteiger partial charge < -0.3 is 10.2 Å². The Morgan fingerprint density at radius 3 is 2.67 bits per heavy atom. The van der Waals surface area contributed by atoms with Crippen LogP contribution in [0.4, 0.5) is 9.18 Å². The van der Waals surface area contributed by atoms with E-state index < -0.39 is 11.6 Å². The maximum absolute atomic E-state index is 14.1. The Balaban J connectivity index is 1.69. The van der Waals surface area contributed by atoms with Crippen LogP contribution < -0.4 is 10.6 Å². The molecule has 6 nitrogen and oxygen atoms in total. The lowest BCUT2D eigenvalue weighted by atomic mass is 9.76. The maximum atomic E-state index is 14.1. The van der Waals surface area contributed by atoms with Crippen molar-refractivity contribution in [3.05, 3.63) is 46.7 Å². The minimum atomic E-state index is -0.895. The third kappa shape index (κ3) is 4.05. The van der Waals surface area contributed by atoms with E-state index in [1.54, 1.807) is 23.1 Å². The highest BCUT2D eigenvalue weighted by Gasteiger charge is 2.49. The highest BCUT2D eigenvalue weighted by Crippen LogP contribution is 2.35. The van der Waals surface area contributed by atoms with E-state index >= 15 is 0 Å². The number of nitrogens with one attached hydrogen (secondary N) is 2. The highest BCUT2D eigenvalue weighted by molar-refractivity contribution is 9.10. The standard InChI is InChI=1S/C19H21BrFN3O3/c1-2-9-24(11-13-10-14(20)3-4-15(13)21)16(25)12-5-7-19(8-6-12)17(26)22-18(27)23-19/h2-4,10,12H,1,5-9,11H2,(H2,22,23,26,27). The molecule has 0 aromatic heterocycles. The molecule has 0 unspecified atom stereocenters. The van der Waals surface area contributed by atoms with E-state index in [9.17, 15) is 18.8 Å². The molecule has 8 heteroatoms. The summed E-state index contributed by atoms with van der Waals surface area (Å²) in [4.78, 5) is 38.0. The van der Waals surface area contributed by atoms with Crippen LogP contribution in [0.1, 0.15) is 31.2 Å². The molecular weight excluding hydrogens is 417 g/mol. The quantitative estimate of drug-likeness (QED) is 0.548. The predicted molar refractivity (Wildman–Crippen MR) is 101 cm³/mol. The molecule has 2 fully saturated rings. The van der Waals surface area contributed by atoms with E-state index in [1.165, 1.54) is 6.07 Å². The number of imide groups is 1. The summed E-state index contributed by atoms with van der Waals surface area (Å²) in [5.41, 5.74) is -0.470. The number of benzene rings is 1. The van der Waals surface area contributed by atoms with Gasteiger partial charge in [0.1, 0.15) is 11.4 Å². The number of hydrogen-bond donors (Lipinski definition) is 2. The van der Waals surface area contributed by atoms with E-state index in [0.717, 1.165) is 4.47 Å². The van der Waals surface area contributed by atoms with Crippen molar-refractivity contribution >= 4 is 33.8 Å². The first kappa shape index (κ1) is 19.5. The molecule has 1 aromatic rings. The van der Waals surface area contributed by atoms with Crippen molar-refractivity contribution in [1.29, 1.82) is 0 Å². The van der Waals surface area contributed by atoms with Crippen molar-refractivity contribution in [1.82, 2.24) is 15.5 Å². The summed E-state index contributed by atoms with van der Waals surface area (Å²) in [6.45, 7) is 4.15.